The molecule has 0 saturated heterocycles. The Morgan fingerprint density at radius 1 is 1.15 bits per heavy atom. The Balaban J connectivity index is 2.32. The van der Waals surface area contributed by atoms with Gasteiger partial charge in [-0.1, -0.05) is 36.7 Å². The first-order valence-electron chi connectivity index (χ1n) is 7.95. The number of hydrogen-bond donors (Lipinski definition) is 1. The second-order valence-electron chi connectivity index (χ2n) is 5.38. The summed E-state index contributed by atoms with van der Waals surface area (Å²) >= 11 is 5.93. The zero-order valence-corrected chi connectivity index (χ0v) is 16.1. The molecule has 140 valence electrons. The highest BCUT2D eigenvalue weighted by Crippen LogP contribution is 2.27. The number of sulfonamides is 1. The highest BCUT2D eigenvalue weighted by Gasteiger charge is 2.24. The van der Waals surface area contributed by atoms with Crippen molar-refractivity contribution >= 4 is 27.5 Å². The second kappa shape index (κ2) is 9.02. The Hall–Kier alpha value is -2.09. The number of methoxy groups -OCH3 is 1. The third-order valence-electron chi connectivity index (χ3n) is 3.61. The molecular weight excluding hydrogens is 378 g/mol. The molecule has 2 rings (SSSR count). The molecule has 0 atom stereocenters. The molecule has 0 aliphatic heterocycles. The van der Waals surface area contributed by atoms with Crippen LogP contribution in [0.25, 0.3) is 0 Å². The van der Waals surface area contributed by atoms with Gasteiger partial charge in [-0.15, -0.1) is 0 Å². The van der Waals surface area contributed by atoms with E-state index >= 15 is 0 Å². The van der Waals surface area contributed by atoms with Gasteiger partial charge in [0.2, 0.25) is 0 Å². The summed E-state index contributed by atoms with van der Waals surface area (Å²) in [7, 11) is -2.66. The lowest BCUT2D eigenvalue weighted by Gasteiger charge is -2.14. The molecule has 0 unspecified atom stereocenters. The average molecular weight is 398 g/mol. The maximum Gasteiger partial charge on any atom is 0.268 e. The van der Waals surface area contributed by atoms with Crippen LogP contribution < -0.4 is 9.46 Å². The van der Waals surface area contributed by atoms with Crippen molar-refractivity contribution in [1.29, 1.82) is 0 Å². The summed E-state index contributed by atoms with van der Waals surface area (Å²) in [5.41, 5.74) is 1.06. The summed E-state index contributed by atoms with van der Waals surface area (Å²) in [5.74, 6) is -0.610. The summed E-state index contributed by atoms with van der Waals surface area (Å²) in [6.07, 6.45) is 0.603. The first-order valence-corrected chi connectivity index (χ1v) is 9.81. The van der Waals surface area contributed by atoms with Crippen molar-refractivity contribution < 1.29 is 22.7 Å². The van der Waals surface area contributed by atoms with Gasteiger partial charge >= 0.3 is 0 Å². The van der Waals surface area contributed by atoms with E-state index < -0.39 is 15.9 Å². The monoisotopic (exact) mass is 397 g/mol. The standard InChI is InChI=1S/C18H20ClNO5S/c1-3-13-6-4-5-7-15(13)18(21)20-26(22,23)17-12-14(19)8-9-16(17)25-11-10-24-2/h4-9,12H,3,10-11H2,1-2H3,(H,20,21). The first-order chi connectivity index (χ1) is 12.4. The number of carbonyl (C=O) groups is 1. The molecule has 0 heterocycles. The highest BCUT2D eigenvalue weighted by molar-refractivity contribution is 7.90. The summed E-state index contributed by atoms with van der Waals surface area (Å²) in [6.45, 7) is 2.34. The Morgan fingerprint density at radius 3 is 2.58 bits per heavy atom. The molecule has 2 aromatic rings. The number of nitrogens with one attached hydrogen (secondary N) is 1. The highest BCUT2D eigenvalue weighted by atomic mass is 35.5. The molecule has 6 nitrogen and oxygen atoms in total. The van der Waals surface area contributed by atoms with Crippen molar-refractivity contribution in [3.8, 4) is 5.75 Å². The molecule has 2 aromatic carbocycles. The Bertz CT molecular complexity index is 883. The summed E-state index contributed by atoms with van der Waals surface area (Å²) in [4.78, 5) is 12.3. The Morgan fingerprint density at radius 2 is 1.88 bits per heavy atom. The van der Waals surface area contributed by atoms with E-state index in [0.29, 0.717) is 18.6 Å². The topological polar surface area (TPSA) is 81.7 Å². The van der Waals surface area contributed by atoms with Crippen LogP contribution in [0.15, 0.2) is 47.4 Å². The van der Waals surface area contributed by atoms with Crippen molar-refractivity contribution in [1.82, 2.24) is 4.72 Å². The maximum atomic E-state index is 12.7. The summed E-state index contributed by atoms with van der Waals surface area (Å²) in [5, 5.41) is 0.214. The van der Waals surface area contributed by atoms with Gasteiger partial charge < -0.3 is 9.47 Å². The normalized spacial score (nSPS) is 11.2. The largest absolute Gasteiger partial charge is 0.490 e. The van der Waals surface area contributed by atoms with Gasteiger partial charge in [-0.2, -0.15) is 0 Å². The van der Waals surface area contributed by atoms with Crippen molar-refractivity contribution in [2.75, 3.05) is 20.3 Å². The minimum Gasteiger partial charge on any atom is -0.490 e. The predicted octanol–water partition coefficient (Wildman–Crippen LogP) is 3.05. The maximum absolute atomic E-state index is 12.7. The van der Waals surface area contributed by atoms with Crippen LogP contribution in [-0.4, -0.2) is 34.6 Å². The molecule has 0 bridgehead atoms. The number of aryl methyl sites for hydroxylation is 1. The van der Waals surface area contributed by atoms with Gasteiger partial charge in [0.1, 0.15) is 17.3 Å². The van der Waals surface area contributed by atoms with Gasteiger partial charge in [-0.05, 0) is 36.2 Å². The van der Waals surface area contributed by atoms with E-state index in [-0.39, 0.29) is 22.3 Å². The summed E-state index contributed by atoms with van der Waals surface area (Å²) in [6, 6.07) is 11.0. The fraction of sp³-hybridized carbons (Fsp3) is 0.278. The molecule has 1 N–H and O–H groups in total. The Kier molecular flexibility index (Phi) is 7.02. The number of benzene rings is 2. The van der Waals surface area contributed by atoms with Crippen LogP contribution in [0.5, 0.6) is 5.75 Å². The molecular formula is C18H20ClNO5S. The molecule has 0 fully saturated rings. The van der Waals surface area contributed by atoms with Crippen molar-refractivity contribution in [2.24, 2.45) is 0 Å². The van der Waals surface area contributed by atoms with E-state index in [9.17, 15) is 13.2 Å². The molecule has 0 aliphatic rings. The van der Waals surface area contributed by atoms with Gasteiger partial charge in [0.15, 0.2) is 0 Å². The van der Waals surface area contributed by atoms with Crippen LogP contribution in [0.1, 0.15) is 22.8 Å². The smallest absolute Gasteiger partial charge is 0.268 e. The second-order valence-corrected chi connectivity index (χ2v) is 7.46. The molecule has 0 radical (unpaired) electrons. The van der Waals surface area contributed by atoms with Crippen LogP contribution in [0.4, 0.5) is 0 Å². The number of hydrogen-bond acceptors (Lipinski definition) is 5. The lowest BCUT2D eigenvalue weighted by Crippen LogP contribution is -2.31. The third-order valence-corrected chi connectivity index (χ3v) is 5.20. The van der Waals surface area contributed by atoms with Gasteiger partial charge in [0.25, 0.3) is 15.9 Å². The van der Waals surface area contributed by atoms with Gasteiger partial charge in [0, 0.05) is 17.7 Å². The SMILES string of the molecule is CCc1ccccc1C(=O)NS(=O)(=O)c1cc(Cl)ccc1OCCOC. The average Bonchev–Trinajstić information content (AvgIpc) is 2.62. The minimum atomic E-state index is -4.17. The molecule has 0 aliphatic carbocycles. The number of rotatable bonds is 8. The van der Waals surface area contributed by atoms with E-state index in [1.165, 1.54) is 25.3 Å². The Labute approximate surface area is 158 Å². The van der Waals surface area contributed by atoms with E-state index in [1.54, 1.807) is 24.3 Å². The van der Waals surface area contributed by atoms with Crippen molar-refractivity contribution in [3.63, 3.8) is 0 Å². The number of halogens is 1. The quantitative estimate of drug-likeness (QED) is 0.692. The first kappa shape index (κ1) is 20.2. The zero-order valence-electron chi connectivity index (χ0n) is 14.5. The molecule has 26 heavy (non-hydrogen) atoms. The number of amides is 1. The van der Waals surface area contributed by atoms with Crippen LogP contribution in [-0.2, 0) is 21.2 Å². The lowest BCUT2D eigenvalue weighted by atomic mass is 10.1. The van der Waals surface area contributed by atoms with E-state index in [4.69, 9.17) is 21.1 Å². The third kappa shape index (κ3) is 4.97. The fourth-order valence-electron chi connectivity index (χ4n) is 2.33. The van der Waals surface area contributed by atoms with Gasteiger partial charge in [-0.25, -0.2) is 13.1 Å². The zero-order chi connectivity index (χ0) is 19.2. The van der Waals surface area contributed by atoms with Crippen LogP contribution >= 0.6 is 11.6 Å². The van der Waals surface area contributed by atoms with Crippen molar-refractivity contribution in [2.45, 2.75) is 18.2 Å². The molecule has 0 spiro atoms. The van der Waals surface area contributed by atoms with Crippen LogP contribution in [0, 0.1) is 0 Å². The van der Waals surface area contributed by atoms with E-state index in [0.717, 1.165) is 5.56 Å². The van der Waals surface area contributed by atoms with Gasteiger partial charge in [-0.3, -0.25) is 4.79 Å². The molecule has 8 heteroatoms. The van der Waals surface area contributed by atoms with Crippen LogP contribution in [0.2, 0.25) is 5.02 Å². The number of ether oxygens (including phenoxy) is 2. The minimum absolute atomic E-state index is 0.0931. The van der Waals surface area contributed by atoms with Gasteiger partial charge in [0.05, 0.1) is 6.61 Å². The molecule has 0 saturated carbocycles. The molecule has 0 aromatic heterocycles. The molecule has 1 amide bonds. The number of carbonyl (C=O) groups excluding carboxylic acids is 1. The fourth-order valence-corrected chi connectivity index (χ4v) is 3.70. The van der Waals surface area contributed by atoms with Crippen LogP contribution in [0.3, 0.4) is 0 Å². The van der Waals surface area contributed by atoms with Crippen molar-refractivity contribution in [3.05, 3.63) is 58.6 Å². The lowest BCUT2D eigenvalue weighted by molar-refractivity contribution is 0.0980. The van der Waals surface area contributed by atoms with E-state index in [2.05, 4.69) is 4.72 Å². The predicted molar refractivity (Wildman–Crippen MR) is 99.3 cm³/mol. The van der Waals surface area contributed by atoms with E-state index in [1.807, 2.05) is 6.92 Å². The summed E-state index contributed by atoms with van der Waals surface area (Å²) < 4.78 is 37.9.